The van der Waals surface area contributed by atoms with Gasteiger partial charge in [-0.3, -0.25) is 9.10 Å². The monoisotopic (exact) mass is 473 g/mol. The van der Waals surface area contributed by atoms with Gasteiger partial charge in [-0.1, -0.05) is 17.7 Å². The summed E-state index contributed by atoms with van der Waals surface area (Å²) in [6, 6.07) is 1.89. The molecule has 0 atom stereocenters. The minimum Gasteiger partial charge on any atom is -0.437 e. The number of hydrogen-bond acceptors (Lipinski definition) is 6. The van der Waals surface area contributed by atoms with Crippen LogP contribution in [0.15, 0.2) is 28.2 Å². The van der Waals surface area contributed by atoms with Crippen LogP contribution in [0.3, 0.4) is 0 Å². The van der Waals surface area contributed by atoms with E-state index < -0.39 is 10.0 Å². The third kappa shape index (κ3) is 4.84. The fourth-order valence-electron chi connectivity index (χ4n) is 4.23. The van der Waals surface area contributed by atoms with Crippen molar-refractivity contribution in [1.29, 1.82) is 0 Å². The fraction of sp³-hybridized carbons (Fsp3) is 0.500. The van der Waals surface area contributed by atoms with E-state index >= 15 is 0 Å². The molecule has 0 aliphatic heterocycles. The molecule has 8 nitrogen and oxygen atoms in total. The Labute approximate surface area is 194 Å². The van der Waals surface area contributed by atoms with E-state index in [0.29, 0.717) is 35.4 Å². The molecule has 0 saturated heterocycles. The predicted molar refractivity (Wildman–Crippen MR) is 129 cm³/mol. The van der Waals surface area contributed by atoms with E-state index in [0.717, 1.165) is 36.8 Å². The van der Waals surface area contributed by atoms with E-state index in [4.69, 9.17) is 9.52 Å². The zero-order valence-corrected chi connectivity index (χ0v) is 20.2. The van der Waals surface area contributed by atoms with Gasteiger partial charge in [-0.2, -0.15) is 4.98 Å². The van der Waals surface area contributed by atoms with E-state index in [1.807, 2.05) is 18.2 Å². The number of hydrogen-bond donors (Lipinski definition) is 2. The predicted octanol–water partition coefficient (Wildman–Crippen LogP) is 3.73. The molecule has 2 aliphatic rings. The number of nitrogens with one attached hydrogen (secondary N) is 1. The normalized spacial score (nSPS) is 16.5. The quantitative estimate of drug-likeness (QED) is 0.537. The molecular weight excluding hydrogens is 442 g/mol. The molecule has 33 heavy (non-hydrogen) atoms. The number of aliphatic hydroxyl groups excluding tert-OH is 1. The van der Waals surface area contributed by atoms with Crippen LogP contribution in [-0.4, -0.2) is 50.9 Å². The Morgan fingerprint density at radius 1 is 1.27 bits per heavy atom. The van der Waals surface area contributed by atoms with Crippen molar-refractivity contribution in [2.24, 2.45) is 0 Å². The minimum absolute atomic E-state index is 0.000384. The van der Waals surface area contributed by atoms with Gasteiger partial charge in [0.25, 0.3) is 5.91 Å². The molecule has 1 saturated carbocycles. The first-order valence-corrected chi connectivity index (χ1v) is 13.2. The molecule has 2 aliphatic carbocycles. The fourth-order valence-corrected chi connectivity index (χ4v) is 5.15. The topological polar surface area (TPSA) is 113 Å². The summed E-state index contributed by atoms with van der Waals surface area (Å²) in [6.07, 6.45) is 9.72. The SMILES string of the molecule is CNC(=O)c1c(C2=CC=C(C)CC2)oc2nc(N(CCCCO)S(C)(=O)=O)c(C3CC3)cc12. The number of aliphatic hydroxyl groups is 1. The van der Waals surface area contributed by atoms with Crippen LogP contribution < -0.4 is 9.62 Å². The first-order valence-electron chi connectivity index (χ1n) is 11.4. The maximum absolute atomic E-state index is 12.9. The van der Waals surface area contributed by atoms with Gasteiger partial charge in [-0.15, -0.1) is 0 Å². The molecule has 2 N–H and O–H groups in total. The second-order valence-electron chi connectivity index (χ2n) is 8.88. The van der Waals surface area contributed by atoms with Gasteiger partial charge in [-0.05, 0) is 68.6 Å². The number of carbonyl (C=O) groups excluding carboxylic acids is 1. The van der Waals surface area contributed by atoms with Crippen LogP contribution in [0.5, 0.6) is 0 Å². The number of fused-ring (bicyclic) bond motifs is 1. The third-order valence-corrected chi connectivity index (χ3v) is 7.37. The minimum atomic E-state index is -3.60. The first-order chi connectivity index (χ1) is 15.7. The van der Waals surface area contributed by atoms with E-state index in [1.165, 1.54) is 16.1 Å². The van der Waals surface area contributed by atoms with Crippen molar-refractivity contribution in [3.8, 4) is 0 Å². The highest BCUT2D eigenvalue weighted by molar-refractivity contribution is 7.92. The van der Waals surface area contributed by atoms with Crippen molar-refractivity contribution in [1.82, 2.24) is 10.3 Å². The van der Waals surface area contributed by atoms with Gasteiger partial charge in [0, 0.05) is 20.2 Å². The van der Waals surface area contributed by atoms with Crippen molar-refractivity contribution < 1.29 is 22.7 Å². The Kier molecular flexibility index (Phi) is 6.63. The van der Waals surface area contributed by atoms with Gasteiger partial charge >= 0.3 is 0 Å². The molecular formula is C24H31N3O5S. The van der Waals surface area contributed by atoms with Crippen molar-refractivity contribution in [2.45, 2.75) is 51.4 Å². The van der Waals surface area contributed by atoms with Crippen LogP contribution in [0.25, 0.3) is 16.7 Å². The molecule has 0 unspecified atom stereocenters. The molecule has 0 spiro atoms. The highest BCUT2D eigenvalue weighted by Crippen LogP contribution is 2.46. The van der Waals surface area contributed by atoms with Gasteiger partial charge < -0.3 is 14.8 Å². The number of furan rings is 1. The Morgan fingerprint density at radius 3 is 2.61 bits per heavy atom. The lowest BCUT2D eigenvalue weighted by Gasteiger charge is -2.23. The van der Waals surface area contributed by atoms with E-state index in [9.17, 15) is 13.2 Å². The van der Waals surface area contributed by atoms with Crippen molar-refractivity contribution in [3.63, 3.8) is 0 Å². The number of carbonyl (C=O) groups is 1. The number of pyridine rings is 1. The van der Waals surface area contributed by atoms with Gasteiger partial charge in [0.1, 0.15) is 11.6 Å². The van der Waals surface area contributed by atoms with Crippen LogP contribution in [0, 0.1) is 0 Å². The Bertz CT molecular complexity index is 1240. The van der Waals surface area contributed by atoms with Gasteiger partial charge in [-0.25, -0.2) is 8.42 Å². The lowest BCUT2D eigenvalue weighted by molar-refractivity contribution is 0.0963. The Balaban J connectivity index is 1.91. The summed E-state index contributed by atoms with van der Waals surface area (Å²) in [6.45, 7) is 2.29. The number of unbranched alkanes of at least 4 members (excludes halogenated alkanes) is 1. The molecule has 4 rings (SSSR count). The standard InChI is InChI=1S/C24H31N3O5S/c1-15-6-8-17(9-7-15)21-20(23(29)25-2)19-14-18(16-10-11-16)22(26-24(19)32-21)27(33(3,30)31)12-4-5-13-28/h6,8,14,16,28H,4-5,7,9-13H2,1-3H3,(H,25,29). The van der Waals surface area contributed by atoms with Crippen molar-refractivity contribution in [2.75, 3.05) is 30.8 Å². The summed E-state index contributed by atoms with van der Waals surface area (Å²) >= 11 is 0. The summed E-state index contributed by atoms with van der Waals surface area (Å²) in [5, 5.41) is 12.5. The van der Waals surface area contributed by atoms with Crippen LogP contribution >= 0.6 is 0 Å². The van der Waals surface area contributed by atoms with Crippen LogP contribution in [-0.2, 0) is 10.0 Å². The second-order valence-corrected chi connectivity index (χ2v) is 10.8. The molecule has 2 heterocycles. The Morgan fingerprint density at radius 2 is 2.03 bits per heavy atom. The largest absolute Gasteiger partial charge is 0.437 e. The number of nitrogens with zero attached hydrogens (tertiary/aromatic N) is 2. The molecule has 178 valence electrons. The maximum atomic E-state index is 12.9. The van der Waals surface area contributed by atoms with Crippen molar-refractivity contribution >= 4 is 38.4 Å². The van der Waals surface area contributed by atoms with E-state index in [-0.39, 0.29) is 30.7 Å². The first kappa shape index (κ1) is 23.5. The molecule has 9 heteroatoms. The highest BCUT2D eigenvalue weighted by atomic mass is 32.2. The van der Waals surface area contributed by atoms with E-state index in [1.54, 1.807) is 7.05 Å². The lowest BCUT2D eigenvalue weighted by atomic mass is 9.95. The lowest BCUT2D eigenvalue weighted by Crippen LogP contribution is -2.32. The molecule has 0 aromatic carbocycles. The molecule has 0 bridgehead atoms. The number of allylic oxidation sites excluding steroid dienone is 4. The number of rotatable bonds is 9. The number of sulfonamides is 1. The zero-order valence-electron chi connectivity index (χ0n) is 19.3. The summed E-state index contributed by atoms with van der Waals surface area (Å²) in [5.41, 5.74) is 3.71. The number of anilines is 1. The maximum Gasteiger partial charge on any atom is 0.255 e. The van der Waals surface area contributed by atoms with Gasteiger partial charge in [0.15, 0.2) is 0 Å². The number of aromatic nitrogens is 1. The molecule has 1 amide bonds. The molecule has 1 fully saturated rings. The highest BCUT2D eigenvalue weighted by Gasteiger charge is 2.34. The average Bonchev–Trinajstić information content (AvgIpc) is 3.55. The smallest absolute Gasteiger partial charge is 0.255 e. The van der Waals surface area contributed by atoms with Gasteiger partial charge in [0.05, 0.1) is 17.2 Å². The summed E-state index contributed by atoms with van der Waals surface area (Å²) in [4.78, 5) is 17.6. The molecule has 2 aromatic heterocycles. The molecule has 2 aromatic rings. The summed E-state index contributed by atoms with van der Waals surface area (Å²) in [7, 11) is -2.01. The van der Waals surface area contributed by atoms with Crippen LogP contribution in [0.2, 0.25) is 0 Å². The van der Waals surface area contributed by atoms with E-state index in [2.05, 4.69) is 17.2 Å². The Hall–Kier alpha value is -2.65. The summed E-state index contributed by atoms with van der Waals surface area (Å²) in [5.74, 6) is 0.803. The summed E-state index contributed by atoms with van der Waals surface area (Å²) < 4.78 is 32.8. The van der Waals surface area contributed by atoms with Crippen LogP contribution in [0.4, 0.5) is 5.82 Å². The molecule has 0 radical (unpaired) electrons. The average molecular weight is 474 g/mol. The zero-order chi connectivity index (χ0) is 23.8. The third-order valence-electron chi connectivity index (χ3n) is 6.22. The second kappa shape index (κ2) is 9.30. The van der Waals surface area contributed by atoms with Crippen LogP contribution in [0.1, 0.15) is 73.0 Å². The van der Waals surface area contributed by atoms with Crippen molar-refractivity contribution in [3.05, 3.63) is 40.7 Å². The number of amides is 1. The van der Waals surface area contributed by atoms with Gasteiger partial charge in [0.2, 0.25) is 15.7 Å².